The van der Waals surface area contributed by atoms with Crippen LogP contribution < -0.4 is 10.1 Å². The minimum absolute atomic E-state index is 0.0864. The number of amides is 1. The largest absolute Gasteiger partial charge is 0.482 e. The van der Waals surface area contributed by atoms with E-state index in [1.807, 2.05) is 26.8 Å². The fourth-order valence-corrected chi connectivity index (χ4v) is 2.06. The van der Waals surface area contributed by atoms with Crippen LogP contribution in [0.15, 0.2) is 18.2 Å². The predicted octanol–water partition coefficient (Wildman–Crippen LogP) is 2.69. The molecule has 0 saturated carbocycles. The van der Waals surface area contributed by atoms with E-state index in [1.165, 1.54) is 0 Å². The van der Waals surface area contributed by atoms with Gasteiger partial charge >= 0.3 is 0 Å². The molecule has 1 amide bonds. The molecule has 1 rings (SSSR count). The van der Waals surface area contributed by atoms with Crippen molar-refractivity contribution in [3.05, 3.63) is 28.8 Å². The Morgan fingerprint density at radius 2 is 2.05 bits per heavy atom. The van der Waals surface area contributed by atoms with Crippen LogP contribution in [0, 0.1) is 6.92 Å². The van der Waals surface area contributed by atoms with Crippen molar-refractivity contribution in [2.24, 2.45) is 0 Å². The molecule has 0 aliphatic carbocycles. The van der Waals surface area contributed by atoms with Gasteiger partial charge in [0.15, 0.2) is 6.61 Å². The van der Waals surface area contributed by atoms with Gasteiger partial charge in [-0.1, -0.05) is 31.5 Å². The molecule has 0 spiro atoms. The number of nitrogens with one attached hydrogen (secondary N) is 1. The summed E-state index contributed by atoms with van der Waals surface area (Å²) in [6, 6.07) is 5.40. The maximum Gasteiger partial charge on any atom is 0.258 e. The van der Waals surface area contributed by atoms with Crippen LogP contribution in [-0.2, 0) is 4.79 Å². The van der Waals surface area contributed by atoms with Gasteiger partial charge in [0.05, 0.1) is 17.2 Å². The summed E-state index contributed by atoms with van der Waals surface area (Å²) in [6.45, 7) is 5.58. The molecule has 0 aliphatic heterocycles. The van der Waals surface area contributed by atoms with Gasteiger partial charge in [-0.15, -0.1) is 0 Å². The fraction of sp³-hybridized carbons (Fsp3) is 0.533. The number of benzene rings is 1. The quantitative estimate of drug-likeness (QED) is 0.814. The second-order valence-corrected chi connectivity index (χ2v) is 5.32. The van der Waals surface area contributed by atoms with Gasteiger partial charge < -0.3 is 15.2 Å². The highest BCUT2D eigenvalue weighted by molar-refractivity contribution is 6.32. The molecule has 1 aromatic rings. The topological polar surface area (TPSA) is 58.6 Å². The summed E-state index contributed by atoms with van der Waals surface area (Å²) >= 11 is 6.00. The van der Waals surface area contributed by atoms with Crippen molar-refractivity contribution in [3.8, 4) is 5.75 Å². The van der Waals surface area contributed by atoms with Crippen LogP contribution in [-0.4, -0.2) is 29.8 Å². The molecule has 0 saturated heterocycles. The molecule has 2 N–H and O–H groups in total. The van der Waals surface area contributed by atoms with Crippen LogP contribution >= 0.6 is 11.6 Å². The molecule has 0 radical (unpaired) electrons. The summed E-state index contributed by atoms with van der Waals surface area (Å²) in [4.78, 5) is 11.9. The molecule has 0 bridgehead atoms. The first-order valence-corrected chi connectivity index (χ1v) is 7.15. The zero-order valence-electron chi connectivity index (χ0n) is 12.2. The summed E-state index contributed by atoms with van der Waals surface area (Å²) in [5, 5.41) is 12.7. The fourth-order valence-electron chi connectivity index (χ4n) is 1.89. The SMILES string of the molecule is CCC(CC)(CO)NC(=O)COc1cc(C)ccc1Cl. The third-order valence-corrected chi connectivity index (χ3v) is 3.82. The lowest BCUT2D eigenvalue weighted by Gasteiger charge is -2.30. The molecule has 0 heterocycles. The third-order valence-electron chi connectivity index (χ3n) is 3.51. The van der Waals surface area contributed by atoms with Gasteiger partial charge in [-0.05, 0) is 37.5 Å². The number of rotatable bonds is 7. The summed E-state index contributed by atoms with van der Waals surface area (Å²) < 4.78 is 5.43. The first-order valence-electron chi connectivity index (χ1n) is 6.77. The number of hydrogen-bond donors (Lipinski definition) is 2. The predicted molar refractivity (Wildman–Crippen MR) is 80.2 cm³/mol. The Hall–Kier alpha value is -1.26. The highest BCUT2D eigenvalue weighted by Crippen LogP contribution is 2.25. The van der Waals surface area contributed by atoms with Gasteiger partial charge in [-0.3, -0.25) is 4.79 Å². The van der Waals surface area contributed by atoms with Crippen molar-refractivity contribution in [3.63, 3.8) is 0 Å². The number of aryl methyl sites for hydroxylation is 1. The minimum Gasteiger partial charge on any atom is -0.482 e. The van der Waals surface area contributed by atoms with E-state index in [0.29, 0.717) is 23.6 Å². The lowest BCUT2D eigenvalue weighted by Crippen LogP contribution is -2.51. The molecule has 4 nitrogen and oxygen atoms in total. The average Bonchev–Trinajstić information content (AvgIpc) is 2.46. The molecule has 5 heteroatoms. The Morgan fingerprint density at radius 3 is 2.60 bits per heavy atom. The molecule has 0 unspecified atom stereocenters. The van der Waals surface area contributed by atoms with Crippen LogP contribution in [0.5, 0.6) is 5.75 Å². The second-order valence-electron chi connectivity index (χ2n) is 4.92. The first kappa shape index (κ1) is 16.8. The number of halogens is 1. The van der Waals surface area contributed by atoms with Gasteiger partial charge in [0.25, 0.3) is 5.91 Å². The zero-order chi connectivity index (χ0) is 15.2. The number of aliphatic hydroxyl groups excluding tert-OH is 1. The average molecular weight is 300 g/mol. The van der Waals surface area contributed by atoms with Gasteiger partial charge in [0.2, 0.25) is 0 Å². The van der Waals surface area contributed by atoms with E-state index in [-0.39, 0.29) is 19.1 Å². The summed E-state index contributed by atoms with van der Waals surface area (Å²) in [7, 11) is 0. The number of aliphatic hydroxyl groups is 1. The smallest absolute Gasteiger partial charge is 0.258 e. The number of hydrogen-bond acceptors (Lipinski definition) is 3. The van der Waals surface area contributed by atoms with Gasteiger partial charge in [-0.25, -0.2) is 0 Å². The van der Waals surface area contributed by atoms with Gasteiger partial charge in [0, 0.05) is 0 Å². The Kier molecular flexibility index (Phi) is 6.30. The van der Waals surface area contributed by atoms with Crippen molar-refractivity contribution in [2.45, 2.75) is 39.2 Å². The van der Waals surface area contributed by atoms with Crippen molar-refractivity contribution in [2.75, 3.05) is 13.2 Å². The number of carbonyl (C=O) groups is 1. The Balaban J connectivity index is 2.61. The molecule has 20 heavy (non-hydrogen) atoms. The van der Waals surface area contributed by atoms with Crippen molar-refractivity contribution in [1.82, 2.24) is 5.32 Å². The molecule has 1 aromatic carbocycles. The standard InChI is InChI=1S/C15H22ClNO3/c1-4-15(5-2,10-18)17-14(19)9-20-13-8-11(3)6-7-12(13)16/h6-8,18H,4-5,9-10H2,1-3H3,(H,17,19). The zero-order valence-corrected chi connectivity index (χ0v) is 13.0. The maximum atomic E-state index is 11.9. The van der Waals surface area contributed by atoms with Crippen LogP contribution in [0.1, 0.15) is 32.3 Å². The maximum absolute atomic E-state index is 11.9. The monoisotopic (exact) mass is 299 g/mol. The third kappa shape index (κ3) is 4.39. The van der Waals surface area contributed by atoms with E-state index in [0.717, 1.165) is 5.56 Å². The molecule has 112 valence electrons. The summed E-state index contributed by atoms with van der Waals surface area (Å²) in [5.41, 5.74) is 0.438. The first-order chi connectivity index (χ1) is 9.46. The van der Waals surface area contributed by atoms with Crippen LogP contribution in [0.4, 0.5) is 0 Å². The molecule has 0 aliphatic rings. The van der Waals surface area contributed by atoms with Crippen molar-refractivity contribution in [1.29, 1.82) is 0 Å². The minimum atomic E-state index is -0.573. The van der Waals surface area contributed by atoms with E-state index < -0.39 is 5.54 Å². The van der Waals surface area contributed by atoms with E-state index >= 15 is 0 Å². The van der Waals surface area contributed by atoms with Crippen LogP contribution in [0.3, 0.4) is 0 Å². The molecule has 0 fully saturated rings. The molecule has 0 aromatic heterocycles. The van der Waals surface area contributed by atoms with E-state index in [2.05, 4.69) is 5.32 Å². The van der Waals surface area contributed by atoms with Crippen LogP contribution in [0.2, 0.25) is 5.02 Å². The van der Waals surface area contributed by atoms with E-state index in [1.54, 1.807) is 12.1 Å². The van der Waals surface area contributed by atoms with Crippen molar-refractivity contribution < 1.29 is 14.6 Å². The second kappa shape index (κ2) is 7.50. The number of ether oxygens (including phenoxy) is 1. The Labute approximate surface area is 125 Å². The highest BCUT2D eigenvalue weighted by atomic mass is 35.5. The Morgan fingerprint density at radius 1 is 1.40 bits per heavy atom. The molecular formula is C15H22ClNO3. The normalized spacial score (nSPS) is 11.2. The molecular weight excluding hydrogens is 278 g/mol. The van der Waals surface area contributed by atoms with E-state index in [4.69, 9.17) is 16.3 Å². The highest BCUT2D eigenvalue weighted by Gasteiger charge is 2.27. The Bertz CT molecular complexity index is 450. The summed E-state index contributed by atoms with van der Waals surface area (Å²) in [5.74, 6) is 0.227. The molecule has 0 atom stereocenters. The van der Waals surface area contributed by atoms with Gasteiger partial charge in [0.1, 0.15) is 5.75 Å². The van der Waals surface area contributed by atoms with Crippen molar-refractivity contribution >= 4 is 17.5 Å². The van der Waals surface area contributed by atoms with E-state index in [9.17, 15) is 9.90 Å². The lowest BCUT2D eigenvalue weighted by atomic mass is 9.94. The summed E-state index contributed by atoms with van der Waals surface area (Å²) in [6.07, 6.45) is 1.33. The van der Waals surface area contributed by atoms with Gasteiger partial charge in [-0.2, -0.15) is 0 Å². The lowest BCUT2D eigenvalue weighted by molar-refractivity contribution is -0.125. The number of carbonyl (C=O) groups excluding carboxylic acids is 1. The van der Waals surface area contributed by atoms with Crippen LogP contribution in [0.25, 0.3) is 0 Å².